The summed E-state index contributed by atoms with van der Waals surface area (Å²) in [6.07, 6.45) is 2.43. The molecule has 11 atom stereocenters. The molecule has 22 nitrogen and oxygen atoms in total. The van der Waals surface area contributed by atoms with Gasteiger partial charge in [-0.2, -0.15) is 0 Å². The number of nitrogens with zero attached hydrogens (tertiary/aromatic N) is 1. The molecule has 3 saturated carbocycles. The number of carbonyl (C=O) groups is 4. The fourth-order valence-electron chi connectivity index (χ4n) is 14.1. The number of phenols is 3. The Morgan fingerprint density at radius 2 is 1.47 bits per heavy atom. The van der Waals surface area contributed by atoms with Crippen molar-refractivity contribution < 1.29 is 148 Å². The number of halogens is 1. The van der Waals surface area contributed by atoms with E-state index in [1.165, 1.54) is 47.1 Å². The first kappa shape index (κ1) is 77.5. The quantitative estimate of drug-likeness (QED) is 0.0422. The van der Waals surface area contributed by atoms with Gasteiger partial charge >= 0.3 is 59.1 Å². The molecule has 25 heteroatoms. The number of ketones is 2. The van der Waals surface area contributed by atoms with E-state index in [0.717, 1.165) is 12.1 Å². The second-order valence-electron chi connectivity index (χ2n) is 26.1. The molecule has 0 amide bonds. The topological polar surface area (TPSA) is 371 Å². The second kappa shape index (κ2) is 30.7. The number of nitrogens with one attached hydrogen (secondary N) is 2. The van der Waals surface area contributed by atoms with Crippen molar-refractivity contribution in [1.29, 1.82) is 0 Å². The van der Waals surface area contributed by atoms with Crippen LogP contribution in [0.25, 0.3) is 21.9 Å². The number of phenolic OH excluding ortho intramolecular Hbond substituents is 2. The van der Waals surface area contributed by atoms with Crippen molar-refractivity contribution in [1.82, 2.24) is 15.2 Å². The van der Waals surface area contributed by atoms with Gasteiger partial charge in [-0.1, -0.05) is 53.2 Å². The number of β-amino-alcohol motifs (C(OH)–C–C–N with tert-alkyl or cyclic N) is 1. The number of carboxylic acid groups (broad SMARTS) is 2. The number of aromatic carboxylic acids is 2. The zero-order valence-electron chi connectivity index (χ0n) is 54.6. The Hall–Kier alpha value is -5.19. The molecule has 0 radical (unpaired) electrons. The molecule has 0 spiro atoms. The summed E-state index contributed by atoms with van der Waals surface area (Å²) in [7, 11) is 0. The number of aryl methyl sites for hydroxylation is 2. The van der Waals surface area contributed by atoms with E-state index in [4.69, 9.17) is 19.0 Å². The van der Waals surface area contributed by atoms with Crippen molar-refractivity contribution in [2.75, 3.05) is 19.7 Å². The summed E-state index contributed by atoms with van der Waals surface area (Å²) in [6, 6.07) is 12.2. The molecule has 4 fully saturated rings. The maximum absolute atomic E-state index is 15.4. The van der Waals surface area contributed by atoms with E-state index in [1.54, 1.807) is 39.0 Å². The Balaban J connectivity index is 0.000000231. The van der Waals surface area contributed by atoms with E-state index in [2.05, 4.69) is 10.6 Å². The summed E-state index contributed by atoms with van der Waals surface area (Å²) in [4.78, 5) is 72.6. The normalized spacial score (nSPS) is 25.5. The van der Waals surface area contributed by atoms with Gasteiger partial charge in [-0.05, 0) is 138 Å². The van der Waals surface area contributed by atoms with Gasteiger partial charge in [0, 0.05) is 82.7 Å². The fraction of sp³-hybridized carbons (Fsp3) is 0.522. The number of pyridine rings is 1. The number of Topliss-reactive ketones (excluding diaryl/α,β-unsaturated/α-hetero) is 1. The number of ether oxygens (including phenoxy) is 2. The first-order chi connectivity index (χ1) is 42.0. The first-order valence-corrected chi connectivity index (χ1v) is 30.2. The Bertz CT molecular complexity index is 3710. The van der Waals surface area contributed by atoms with E-state index < -0.39 is 93.8 Å². The van der Waals surface area contributed by atoms with Crippen LogP contribution < -0.4 is 90.8 Å². The third-order valence-electron chi connectivity index (χ3n) is 17.9. The SMILES string of the molecule is CC(C)(C)NCC(O)c1ccc(O)c(CO)c1.CC(C)NC[C@H](O)c1cc(O)cc(O)c1.CC1(C)O[C@@H]2C[C@H]3[C@@H]4C[C@H](F)C5=CC(=O)C=C[C@]5(C)[C@H]4[C@@H](O)C[C@]3(C)[C@]2(C(=O)CO)O1.CCCc1c2oc(C(=O)[O-])cc(=O)c2cc2c(=O)cc(C(=O)[O-])n(CC)c12.[Na+].[Na+]. The maximum atomic E-state index is 15.4. The third kappa shape index (κ3) is 16.0. The van der Waals surface area contributed by atoms with E-state index in [-0.39, 0.29) is 165 Å². The number of alkyl halides is 1. The van der Waals surface area contributed by atoms with Crippen LogP contribution in [0.15, 0.2) is 92.4 Å². The van der Waals surface area contributed by atoms with Crippen molar-refractivity contribution in [3.63, 3.8) is 0 Å². The van der Waals surface area contributed by atoms with Gasteiger partial charge in [0.1, 0.15) is 41.6 Å². The summed E-state index contributed by atoms with van der Waals surface area (Å²) in [5.74, 6) is -6.11. The molecule has 490 valence electrons. The van der Waals surface area contributed by atoms with Gasteiger partial charge in [0.05, 0.1) is 53.6 Å². The van der Waals surface area contributed by atoms with Crippen LogP contribution in [0.2, 0.25) is 0 Å². The predicted molar refractivity (Wildman–Crippen MR) is 326 cm³/mol. The molecule has 4 aliphatic carbocycles. The summed E-state index contributed by atoms with van der Waals surface area (Å²) in [5, 5.41) is 107. The number of allylic oxidation sites excluding steroid dienone is 4. The van der Waals surface area contributed by atoms with Crippen LogP contribution in [0.5, 0.6) is 17.2 Å². The fourth-order valence-corrected chi connectivity index (χ4v) is 14.1. The molecule has 2 aromatic heterocycles. The van der Waals surface area contributed by atoms with Crippen molar-refractivity contribution in [3.8, 4) is 17.2 Å². The Kier molecular flexibility index (Phi) is 25.9. The summed E-state index contributed by atoms with van der Waals surface area (Å²) < 4.78 is 34.7. The first-order valence-electron chi connectivity index (χ1n) is 30.2. The van der Waals surface area contributed by atoms with Crippen molar-refractivity contribution in [2.24, 2.45) is 28.6 Å². The monoisotopic (exact) mass is 1300 g/mol. The number of rotatable bonds is 15. The molecule has 3 aromatic carbocycles. The van der Waals surface area contributed by atoms with E-state index in [1.807, 2.05) is 55.4 Å². The van der Waals surface area contributed by atoms with E-state index >= 15 is 4.39 Å². The third-order valence-corrected chi connectivity index (χ3v) is 17.9. The standard InChI is InChI=1S/C24H31FO6.C19H17NO7.C13H21NO3.C11H17NO3.2Na/c1-21(2)30-19-9-14-13-8-16(25)15-7-12(27)5-6-22(15,3)20(13)17(28)10-23(14,4)24(19,31-21)18(29)11-26;1-3-5-9-16-10(13(21)7-12(18(23)24)20(16)4-2)6-11-14(22)8-15(19(25)26)27-17(9)11;1-13(2,3)14-7-12(17)9-4-5-11(16)10(6-9)8-15;1-7(2)12-6-11(15)8-3-9(13)5-10(14)4-8;;/h5-7,13-14,16-17,19-20,26,28H,8-11H2,1-4H3;6-8H,3-5H2,1-2H3,(H,23,24)(H,25,26);4-6,12,14-17H,7-8H2,1-3H3;3-5,7,11-15H,6H2,1-2H3;;/q;;;;2*+1/p-2/t13-,14-,16-,17-,19+,20+,22-,23-,24+;;;11-;;/m0..0../s1. The van der Waals surface area contributed by atoms with Crippen LogP contribution >= 0.6 is 0 Å². The number of aromatic nitrogens is 1. The number of hydrogen-bond acceptors (Lipinski definition) is 21. The summed E-state index contributed by atoms with van der Waals surface area (Å²) >= 11 is 0. The van der Waals surface area contributed by atoms with E-state index in [9.17, 15) is 74.7 Å². The Labute approximate surface area is 577 Å². The molecular weight excluding hydrogens is 1220 g/mol. The largest absolute Gasteiger partial charge is 1.00 e. The molecule has 3 heterocycles. The van der Waals surface area contributed by atoms with Crippen LogP contribution in [0.4, 0.5) is 4.39 Å². The molecule has 5 aliphatic rings. The smallest absolute Gasteiger partial charge is 0.543 e. The Morgan fingerprint density at radius 3 is 2.03 bits per heavy atom. The number of benzene rings is 3. The van der Waals surface area contributed by atoms with Gasteiger partial charge in [-0.15, -0.1) is 0 Å². The zero-order valence-corrected chi connectivity index (χ0v) is 58.6. The maximum Gasteiger partial charge on any atom is 1.00 e. The minimum absolute atomic E-state index is 0. The molecular formula is C67H84FN3Na2O19. The van der Waals surface area contributed by atoms with Crippen LogP contribution in [0, 0.1) is 28.6 Å². The minimum Gasteiger partial charge on any atom is -0.543 e. The number of fused-ring (bicyclic) bond motifs is 9. The van der Waals surface area contributed by atoms with Crippen molar-refractivity contribution >= 4 is 45.4 Å². The van der Waals surface area contributed by atoms with Crippen LogP contribution in [0.3, 0.4) is 0 Å². The number of aromatic hydroxyl groups is 3. The second-order valence-corrected chi connectivity index (χ2v) is 26.1. The molecule has 5 aromatic rings. The molecule has 92 heavy (non-hydrogen) atoms. The molecule has 1 saturated heterocycles. The van der Waals surface area contributed by atoms with Crippen LogP contribution in [0.1, 0.15) is 157 Å². The van der Waals surface area contributed by atoms with Crippen LogP contribution in [-0.4, -0.2) is 130 Å². The molecule has 10 rings (SSSR count). The number of aliphatic hydroxyl groups excluding tert-OH is 5. The molecule has 10 N–H and O–H groups in total. The number of carbonyl (C=O) groups excluding carboxylic acids is 4. The van der Waals surface area contributed by atoms with Gasteiger partial charge < -0.3 is 89.7 Å². The average Bonchev–Trinajstić information content (AvgIpc) is 1.47. The van der Waals surface area contributed by atoms with Gasteiger partial charge in [-0.3, -0.25) is 19.2 Å². The molecule has 1 unspecified atom stereocenters. The Morgan fingerprint density at radius 1 is 0.837 bits per heavy atom. The predicted octanol–water partition coefficient (Wildman–Crippen LogP) is -1.47. The van der Waals surface area contributed by atoms with Gasteiger partial charge in [0.2, 0.25) is 0 Å². The minimum atomic E-state index is -1.65. The molecule has 1 aliphatic heterocycles. The summed E-state index contributed by atoms with van der Waals surface area (Å²) in [6.45, 7) is 21.0. The number of hydrogen-bond donors (Lipinski definition) is 10. The van der Waals surface area contributed by atoms with Crippen molar-refractivity contribution in [2.45, 2.75) is 175 Å². The van der Waals surface area contributed by atoms with E-state index in [0.29, 0.717) is 60.2 Å². The van der Waals surface area contributed by atoms with Gasteiger partial charge in [0.25, 0.3) is 0 Å². The average molecular weight is 1300 g/mol. The molecule has 0 bridgehead atoms. The zero-order chi connectivity index (χ0) is 66.9. The summed E-state index contributed by atoms with van der Waals surface area (Å²) in [5.41, 5.74) is -1.75. The van der Waals surface area contributed by atoms with Gasteiger partial charge in [-0.25, -0.2) is 4.39 Å². The van der Waals surface area contributed by atoms with Gasteiger partial charge in [0.15, 0.2) is 39.6 Å². The van der Waals surface area contributed by atoms with Crippen LogP contribution in [-0.2, 0) is 38.6 Å². The van der Waals surface area contributed by atoms with Crippen molar-refractivity contribution in [3.05, 3.63) is 133 Å². The number of carboxylic acids is 2. The number of aliphatic hydroxyl groups is 5.